The molecule has 1 aromatic rings. The molecule has 0 saturated heterocycles. The van der Waals surface area contributed by atoms with Gasteiger partial charge in [0.25, 0.3) is 5.91 Å². The number of nitrogens with one attached hydrogen (secondary N) is 1. The zero-order valence-corrected chi connectivity index (χ0v) is 14.0. The summed E-state index contributed by atoms with van der Waals surface area (Å²) >= 11 is 3.37. The van der Waals surface area contributed by atoms with E-state index in [0.29, 0.717) is 34.9 Å². The summed E-state index contributed by atoms with van der Waals surface area (Å²) in [7, 11) is 0. The molecule has 5 nitrogen and oxygen atoms in total. The van der Waals surface area contributed by atoms with Crippen LogP contribution in [0.4, 0.5) is 0 Å². The largest absolute Gasteiger partial charge is 0.492 e. The van der Waals surface area contributed by atoms with E-state index in [2.05, 4.69) is 35.1 Å². The van der Waals surface area contributed by atoms with Crippen LogP contribution in [0.1, 0.15) is 31.1 Å². The van der Waals surface area contributed by atoms with Crippen LogP contribution in [0, 0.1) is 5.92 Å². The van der Waals surface area contributed by atoms with Gasteiger partial charge < -0.3 is 14.8 Å². The van der Waals surface area contributed by atoms with Crippen LogP contribution in [0.2, 0.25) is 0 Å². The number of amides is 1. The highest BCUT2D eigenvalue weighted by Gasteiger charge is 2.11. The van der Waals surface area contributed by atoms with Gasteiger partial charge in [-0.1, -0.05) is 13.8 Å². The molecule has 0 radical (unpaired) electrons. The third-order valence-corrected chi connectivity index (χ3v) is 3.08. The first-order chi connectivity index (χ1) is 9.93. The molecule has 6 heteroatoms. The Hall–Kier alpha value is -1.56. The molecule has 116 valence electrons. The zero-order chi connectivity index (χ0) is 15.8. The summed E-state index contributed by atoms with van der Waals surface area (Å²) in [5.41, 5.74) is 0.447. The van der Waals surface area contributed by atoms with Gasteiger partial charge in [0.05, 0.1) is 17.7 Å². The summed E-state index contributed by atoms with van der Waals surface area (Å²) in [5, 5.41) is 2.51. The highest BCUT2D eigenvalue weighted by molar-refractivity contribution is 9.10. The average Bonchev–Trinajstić information content (AvgIpc) is 2.43. The average molecular weight is 358 g/mol. The van der Waals surface area contributed by atoms with E-state index in [-0.39, 0.29) is 12.5 Å². The van der Waals surface area contributed by atoms with Crippen molar-refractivity contribution in [3.8, 4) is 5.75 Å². The van der Waals surface area contributed by atoms with E-state index in [9.17, 15) is 9.59 Å². The predicted octanol–water partition coefficient (Wildman–Crippen LogP) is 2.78. The van der Waals surface area contributed by atoms with Crippen molar-refractivity contribution < 1.29 is 19.1 Å². The monoisotopic (exact) mass is 357 g/mol. The first-order valence-electron chi connectivity index (χ1n) is 6.80. The van der Waals surface area contributed by atoms with Crippen LogP contribution in [0.5, 0.6) is 5.75 Å². The summed E-state index contributed by atoms with van der Waals surface area (Å²) < 4.78 is 11.1. The van der Waals surface area contributed by atoms with E-state index in [4.69, 9.17) is 9.47 Å². The molecule has 0 aliphatic carbocycles. The molecule has 0 aliphatic rings. The molecule has 1 rings (SSSR count). The molecule has 21 heavy (non-hydrogen) atoms. The standard InChI is InChI=1S/C15H20BrNO4/c1-4-20-14(18)8-17-15(19)11-5-6-13(12(16)7-11)21-9-10(2)3/h5-7,10H,4,8-9H2,1-3H3,(H,17,19). The normalized spacial score (nSPS) is 10.3. The number of hydrogen-bond acceptors (Lipinski definition) is 4. The molecule has 0 spiro atoms. The molecule has 0 bridgehead atoms. The second-order valence-electron chi connectivity index (χ2n) is 4.84. The lowest BCUT2D eigenvalue weighted by Gasteiger charge is -2.11. The van der Waals surface area contributed by atoms with Gasteiger partial charge in [0.1, 0.15) is 12.3 Å². The van der Waals surface area contributed by atoms with Crippen molar-refractivity contribution in [2.75, 3.05) is 19.8 Å². The third kappa shape index (κ3) is 6.16. The highest BCUT2D eigenvalue weighted by atomic mass is 79.9. The van der Waals surface area contributed by atoms with Gasteiger partial charge >= 0.3 is 5.97 Å². The van der Waals surface area contributed by atoms with Crippen molar-refractivity contribution in [3.63, 3.8) is 0 Å². The van der Waals surface area contributed by atoms with E-state index in [1.165, 1.54) is 0 Å². The lowest BCUT2D eigenvalue weighted by molar-refractivity contribution is -0.141. The van der Waals surface area contributed by atoms with Crippen LogP contribution >= 0.6 is 15.9 Å². The number of carbonyl (C=O) groups is 2. The Kier molecular flexibility index (Phi) is 7.22. The fourth-order valence-corrected chi connectivity index (χ4v) is 1.98. The van der Waals surface area contributed by atoms with Crippen LogP contribution in [0.15, 0.2) is 22.7 Å². The lowest BCUT2D eigenvalue weighted by atomic mass is 10.2. The van der Waals surface area contributed by atoms with E-state index in [0.717, 1.165) is 0 Å². The minimum absolute atomic E-state index is 0.143. The van der Waals surface area contributed by atoms with Crippen molar-refractivity contribution in [2.24, 2.45) is 5.92 Å². The molecular formula is C15H20BrNO4. The minimum atomic E-state index is -0.457. The van der Waals surface area contributed by atoms with Crippen molar-refractivity contribution in [3.05, 3.63) is 28.2 Å². The summed E-state index contributed by atoms with van der Waals surface area (Å²) in [5.74, 6) is 0.316. The number of ether oxygens (including phenoxy) is 2. The quantitative estimate of drug-likeness (QED) is 0.762. The summed E-state index contributed by atoms with van der Waals surface area (Å²) in [6.45, 7) is 6.59. The fraction of sp³-hybridized carbons (Fsp3) is 0.467. The molecule has 0 fully saturated rings. The Labute approximate surface area is 133 Å². The SMILES string of the molecule is CCOC(=O)CNC(=O)c1ccc(OCC(C)C)c(Br)c1. The van der Waals surface area contributed by atoms with E-state index in [1.54, 1.807) is 25.1 Å². The van der Waals surface area contributed by atoms with Crippen LogP contribution < -0.4 is 10.1 Å². The molecular weight excluding hydrogens is 338 g/mol. The molecule has 1 N–H and O–H groups in total. The first kappa shape index (κ1) is 17.5. The second kappa shape index (κ2) is 8.67. The Morgan fingerprint density at radius 1 is 1.33 bits per heavy atom. The van der Waals surface area contributed by atoms with Crippen molar-refractivity contribution in [1.29, 1.82) is 0 Å². The third-order valence-electron chi connectivity index (χ3n) is 2.46. The Morgan fingerprint density at radius 2 is 2.05 bits per heavy atom. The fourth-order valence-electron chi connectivity index (χ4n) is 1.48. The first-order valence-corrected chi connectivity index (χ1v) is 7.59. The number of benzene rings is 1. The number of esters is 1. The summed E-state index contributed by atoms with van der Waals surface area (Å²) in [6.07, 6.45) is 0. The van der Waals surface area contributed by atoms with Crippen LogP contribution in [0.3, 0.4) is 0 Å². The number of halogens is 1. The van der Waals surface area contributed by atoms with Gasteiger partial charge in [-0.3, -0.25) is 9.59 Å². The molecule has 0 saturated carbocycles. The van der Waals surface area contributed by atoms with E-state index < -0.39 is 5.97 Å². The van der Waals surface area contributed by atoms with Crippen molar-refractivity contribution in [2.45, 2.75) is 20.8 Å². The van der Waals surface area contributed by atoms with Crippen LogP contribution in [-0.4, -0.2) is 31.6 Å². The highest BCUT2D eigenvalue weighted by Crippen LogP contribution is 2.26. The number of rotatable bonds is 7. The molecule has 0 heterocycles. The maximum atomic E-state index is 11.9. The minimum Gasteiger partial charge on any atom is -0.492 e. The number of carbonyl (C=O) groups excluding carboxylic acids is 2. The van der Waals surface area contributed by atoms with E-state index in [1.807, 2.05) is 0 Å². The molecule has 0 atom stereocenters. The molecule has 0 aromatic heterocycles. The van der Waals surface area contributed by atoms with Gasteiger partial charge in [-0.25, -0.2) is 0 Å². The Balaban J connectivity index is 2.61. The number of hydrogen-bond donors (Lipinski definition) is 1. The van der Waals surface area contributed by atoms with Crippen LogP contribution in [0.25, 0.3) is 0 Å². The molecule has 1 amide bonds. The van der Waals surface area contributed by atoms with Gasteiger partial charge in [0, 0.05) is 5.56 Å². The van der Waals surface area contributed by atoms with Gasteiger partial charge in [-0.2, -0.15) is 0 Å². The maximum absolute atomic E-state index is 11.9. The zero-order valence-electron chi connectivity index (χ0n) is 12.4. The Bertz CT molecular complexity index is 502. The smallest absolute Gasteiger partial charge is 0.325 e. The van der Waals surface area contributed by atoms with Gasteiger partial charge in [-0.05, 0) is 47.0 Å². The summed E-state index contributed by atoms with van der Waals surface area (Å²) in [4.78, 5) is 23.1. The molecule has 0 unspecified atom stereocenters. The van der Waals surface area contributed by atoms with Gasteiger partial charge in [0.15, 0.2) is 0 Å². The van der Waals surface area contributed by atoms with Crippen LogP contribution in [-0.2, 0) is 9.53 Å². The van der Waals surface area contributed by atoms with Gasteiger partial charge in [-0.15, -0.1) is 0 Å². The Morgan fingerprint density at radius 3 is 2.62 bits per heavy atom. The van der Waals surface area contributed by atoms with Crippen molar-refractivity contribution >= 4 is 27.8 Å². The predicted molar refractivity (Wildman–Crippen MR) is 83.4 cm³/mol. The summed E-state index contributed by atoms with van der Waals surface area (Å²) in [6, 6.07) is 5.04. The lowest BCUT2D eigenvalue weighted by Crippen LogP contribution is -2.30. The maximum Gasteiger partial charge on any atom is 0.325 e. The molecule has 1 aromatic carbocycles. The topological polar surface area (TPSA) is 64.6 Å². The van der Waals surface area contributed by atoms with Gasteiger partial charge in [0.2, 0.25) is 0 Å². The van der Waals surface area contributed by atoms with E-state index >= 15 is 0 Å². The van der Waals surface area contributed by atoms with Crippen molar-refractivity contribution in [1.82, 2.24) is 5.32 Å². The second-order valence-corrected chi connectivity index (χ2v) is 5.69. The molecule has 0 aliphatic heterocycles.